The van der Waals surface area contributed by atoms with E-state index in [0.29, 0.717) is 33.6 Å². The van der Waals surface area contributed by atoms with Crippen molar-refractivity contribution in [3.8, 4) is 5.75 Å². The fourth-order valence-corrected chi connectivity index (χ4v) is 7.45. The Morgan fingerprint density at radius 3 is 1.65 bits per heavy atom. The molecule has 1 aliphatic heterocycles. The number of nitro benzene ring substituents is 2. The van der Waals surface area contributed by atoms with E-state index in [1.165, 1.54) is 60.8 Å². The molecule has 2 heterocycles. The number of carbonyl (C=O) groups excluding carboxylic acids is 2. The monoisotopic (exact) mass is 901 g/mol. The molecule has 0 spiro atoms. The Labute approximate surface area is 376 Å². The van der Waals surface area contributed by atoms with Crippen LogP contribution < -0.4 is 16.2 Å². The van der Waals surface area contributed by atoms with E-state index in [2.05, 4.69) is 4.98 Å². The van der Waals surface area contributed by atoms with Crippen molar-refractivity contribution in [3.63, 3.8) is 0 Å². The molecule has 1 saturated heterocycles. The molecule has 340 valence electrons. The highest BCUT2D eigenvalue weighted by Gasteiger charge is 2.53. The zero-order valence-corrected chi connectivity index (χ0v) is 35.3. The summed E-state index contributed by atoms with van der Waals surface area (Å²) >= 11 is 0. The molecule has 1 aliphatic rings. The fraction of sp³-hybridized carbons (Fsp3) is 0.234. The lowest BCUT2D eigenvalue weighted by atomic mass is 9.80. The summed E-state index contributed by atoms with van der Waals surface area (Å²) in [5.41, 5.74) is 6.75. The van der Waals surface area contributed by atoms with Crippen molar-refractivity contribution in [2.75, 3.05) is 32.7 Å². The quantitative estimate of drug-likeness (QED) is 0.0391. The van der Waals surface area contributed by atoms with Gasteiger partial charge in [-0.3, -0.25) is 24.8 Å². The topological polar surface area (TPSA) is 246 Å². The van der Waals surface area contributed by atoms with Gasteiger partial charge in [-0.15, -0.1) is 0 Å². The van der Waals surface area contributed by atoms with Crippen molar-refractivity contribution in [2.45, 2.75) is 43.0 Å². The number of hydrogen-bond donors (Lipinski definition) is 1. The number of nitrogen functional groups attached to an aromatic ring is 1. The second-order valence-electron chi connectivity index (χ2n) is 14.8. The van der Waals surface area contributed by atoms with Crippen molar-refractivity contribution >= 4 is 29.5 Å². The number of methoxy groups -OCH3 is 1. The first kappa shape index (κ1) is 45.9. The third-order valence-corrected chi connectivity index (χ3v) is 10.7. The second-order valence-corrected chi connectivity index (χ2v) is 14.8. The highest BCUT2D eigenvalue weighted by Crippen LogP contribution is 2.43. The molecule has 1 fully saturated rings. The highest BCUT2D eigenvalue weighted by molar-refractivity contribution is 5.62. The molecule has 2 N–H and O–H groups in total. The SMILES string of the molecule is COc1ccc(C(OC[C@H]2O[C@@H](n3ccc(N)nc3=O)[C@H](OC(=O)OCCc3ccc([N+](=O)[O-])cc3)[C@@H]2OC(=O)OCCc2ccc([N+](=O)[O-])cc2)(c2ccccc2)c2ccccc2)cc1. The number of ether oxygens (including phenoxy) is 7. The molecule has 0 amide bonds. The molecule has 0 saturated carbocycles. The molecule has 5 aromatic carbocycles. The van der Waals surface area contributed by atoms with Crippen molar-refractivity contribution in [3.05, 3.63) is 204 Å². The van der Waals surface area contributed by atoms with Crippen LogP contribution in [-0.4, -0.2) is 77.0 Å². The minimum absolute atomic E-state index is 0.100. The highest BCUT2D eigenvalue weighted by atomic mass is 16.8. The summed E-state index contributed by atoms with van der Waals surface area (Å²) in [6.07, 6.45) is -6.75. The predicted octanol–water partition coefficient (Wildman–Crippen LogP) is 7.09. The van der Waals surface area contributed by atoms with E-state index in [-0.39, 0.29) is 49.9 Å². The normalized spacial score (nSPS) is 16.7. The summed E-state index contributed by atoms with van der Waals surface area (Å²) in [6.45, 7) is -0.798. The molecule has 19 heteroatoms. The average molecular weight is 902 g/mol. The van der Waals surface area contributed by atoms with Gasteiger partial charge in [-0.05, 0) is 46.0 Å². The van der Waals surface area contributed by atoms with Crippen molar-refractivity contribution in [2.24, 2.45) is 0 Å². The summed E-state index contributed by atoms with van der Waals surface area (Å²) < 4.78 is 42.7. The van der Waals surface area contributed by atoms with Crippen molar-refractivity contribution in [1.29, 1.82) is 0 Å². The second kappa shape index (κ2) is 21.0. The van der Waals surface area contributed by atoms with Crippen LogP contribution in [0.2, 0.25) is 0 Å². The molecule has 7 rings (SSSR count). The minimum atomic E-state index is -1.60. The molecule has 6 aromatic rings. The summed E-state index contributed by atoms with van der Waals surface area (Å²) in [5, 5.41) is 22.3. The fourth-order valence-electron chi connectivity index (χ4n) is 7.45. The third-order valence-electron chi connectivity index (χ3n) is 10.7. The van der Waals surface area contributed by atoms with E-state index < -0.39 is 58.0 Å². The Hall–Kier alpha value is -8.16. The van der Waals surface area contributed by atoms with Crippen LogP contribution in [0.4, 0.5) is 26.8 Å². The summed E-state index contributed by atoms with van der Waals surface area (Å²) in [4.78, 5) is 65.6. The van der Waals surface area contributed by atoms with Gasteiger partial charge in [0.2, 0.25) is 0 Å². The van der Waals surface area contributed by atoms with Gasteiger partial charge in [0.25, 0.3) is 11.4 Å². The van der Waals surface area contributed by atoms with Crippen LogP contribution in [0.5, 0.6) is 5.75 Å². The van der Waals surface area contributed by atoms with Gasteiger partial charge in [0.15, 0.2) is 18.4 Å². The number of hydrogen-bond acceptors (Lipinski definition) is 16. The van der Waals surface area contributed by atoms with E-state index in [4.69, 9.17) is 38.9 Å². The number of aromatic nitrogens is 2. The van der Waals surface area contributed by atoms with Crippen LogP contribution in [0.3, 0.4) is 0 Å². The largest absolute Gasteiger partial charge is 0.508 e. The van der Waals surface area contributed by atoms with Gasteiger partial charge in [0.05, 0.1) is 36.8 Å². The molecule has 0 radical (unpaired) electrons. The molecule has 66 heavy (non-hydrogen) atoms. The Morgan fingerprint density at radius 2 is 1.18 bits per heavy atom. The maximum absolute atomic E-state index is 13.6. The molecular formula is C47H43N5O14. The van der Waals surface area contributed by atoms with Crippen molar-refractivity contribution < 1.29 is 52.6 Å². The van der Waals surface area contributed by atoms with Gasteiger partial charge in [-0.25, -0.2) is 14.4 Å². The van der Waals surface area contributed by atoms with E-state index in [9.17, 15) is 34.6 Å². The first-order valence-electron chi connectivity index (χ1n) is 20.5. The lowest BCUT2D eigenvalue weighted by molar-refractivity contribution is -0.385. The number of nitrogens with zero attached hydrogens (tertiary/aromatic N) is 4. The van der Waals surface area contributed by atoms with E-state index in [1.54, 1.807) is 19.2 Å². The number of benzene rings is 5. The summed E-state index contributed by atoms with van der Waals surface area (Å²) in [7, 11) is 1.55. The van der Waals surface area contributed by atoms with Gasteiger partial charge >= 0.3 is 18.0 Å². The molecule has 0 aliphatic carbocycles. The van der Waals surface area contributed by atoms with Crippen molar-refractivity contribution in [1.82, 2.24) is 9.55 Å². The lowest BCUT2D eigenvalue weighted by Crippen LogP contribution is -2.44. The maximum Gasteiger partial charge on any atom is 0.508 e. The molecule has 0 unspecified atom stereocenters. The first-order valence-corrected chi connectivity index (χ1v) is 20.5. The molecule has 1 aromatic heterocycles. The van der Waals surface area contributed by atoms with Crippen LogP contribution in [0.15, 0.2) is 151 Å². The van der Waals surface area contributed by atoms with Gasteiger partial charge < -0.3 is 38.9 Å². The predicted molar refractivity (Wildman–Crippen MR) is 235 cm³/mol. The van der Waals surface area contributed by atoms with Crippen LogP contribution in [0.25, 0.3) is 0 Å². The number of carbonyl (C=O) groups is 2. The standard InChI is InChI=1S/C47H43N5O14/c1-60-38-22-16-35(17-23-38)47(33-8-4-2-5-9-33,34-10-6-3-7-11-34)63-30-39-41(65-45(54)61-28-25-31-12-18-36(19-13-31)51(56)57)42(43(64-39)50-27-24-40(48)49-44(50)53)66-46(55)62-29-26-32-14-20-37(21-15-32)52(58)59/h2-24,27,39,41-43H,25-26,28-30H2,1H3,(H2,48,49,53)/t39-,41-,42-,43-/m1/s1. The Morgan fingerprint density at radius 1 is 0.697 bits per heavy atom. The number of rotatable bonds is 18. The van der Waals surface area contributed by atoms with Gasteiger partial charge in [-0.2, -0.15) is 4.98 Å². The van der Waals surface area contributed by atoms with Crippen LogP contribution in [-0.2, 0) is 46.9 Å². The maximum atomic E-state index is 13.6. The van der Waals surface area contributed by atoms with Gasteiger partial charge in [0.1, 0.15) is 23.3 Å². The average Bonchev–Trinajstić information content (AvgIpc) is 3.65. The first-order chi connectivity index (χ1) is 31.9. The Bertz CT molecular complexity index is 2630. The summed E-state index contributed by atoms with van der Waals surface area (Å²) in [6, 6.07) is 38.7. The smallest absolute Gasteiger partial charge is 0.497 e. The van der Waals surface area contributed by atoms with Crippen LogP contribution >= 0.6 is 0 Å². The van der Waals surface area contributed by atoms with Crippen LogP contribution in [0.1, 0.15) is 34.0 Å². The molecule has 0 bridgehead atoms. The molecule has 4 atom stereocenters. The summed E-state index contributed by atoms with van der Waals surface area (Å²) in [5.74, 6) is 0.495. The number of non-ortho nitro benzene ring substituents is 2. The third kappa shape index (κ3) is 10.8. The molecular weight excluding hydrogens is 859 g/mol. The number of nitrogens with two attached hydrogens (primary N) is 1. The Balaban J connectivity index is 1.22. The van der Waals surface area contributed by atoms with Gasteiger partial charge in [-0.1, -0.05) is 97.1 Å². The Kier molecular flexibility index (Phi) is 14.6. The lowest BCUT2D eigenvalue weighted by Gasteiger charge is -2.37. The molecule has 19 nitrogen and oxygen atoms in total. The van der Waals surface area contributed by atoms with Gasteiger partial charge in [0, 0.05) is 43.3 Å². The minimum Gasteiger partial charge on any atom is -0.497 e. The van der Waals surface area contributed by atoms with E-state index in [0.717, 1.165) is 4.57 Å². The van der Waals surface area contributed by atoms with E-state index in [1.807, 2.05) is 72.8 Å². The van der Waals surface area contributed by atoms with E-state index >= 15 is 0 Å². The number of nitro groups is 2. The number of anilines is 1. The zero-order valence-electron chi connectivity index (χ0n) is 35.3. The van der Waals surface area contributed by atoms with Crippen LogP contribution in [0, 0.1) is 20.2 Å². The zero-order chi connectivity index (χ0) is 46.6.